The molecule has 0 aliphatic heterocycles. The van der Waals surface area contributed by atoms with E-state index in [4.69, 9.17) is 16.3 Å². The van der Waals surface area contributed by atoms with Crippen LogP contribution in [-0.4, -0.2) is 6.21 Å². The minimum Gasteiger partial charge on any atom is -0.388 e. The zero-order valence-electron chi connectivity index (χ0n) is 8.18. The average Bonchev–Trinajstić information content (AvgIpc) is 2.31. The number of halogens is 1. The van der Waals surface area contributed by atoms with Crippen LogP contribution < -0.4 is 5.73 Å². The maximum Gasteiger partial charge on any atom is 0.174 e. The monoisotopic (exact) mass is 214 g/mol. The summed E-state index contributed by atoms with van der Waals surface area (Å²) in [5.41, 5.74) is 4.91. The predicted octanol–water partition coefficient (Wildman–Crippen LogP) is 1.46. The van der Waals surface area contributed by atoms with Gasteiger partial charge in [0.25, 0.3) is 0 Å². The molecule has 0 heterocycles. The number of benzene rings is 1. The second-order valence-corrected chi connectivity index (χ2v) is 2.77. The van der Waals surface area contributed by atoms with Crippen molar-refractivity contribution in [2.24, 2.45) is 10.7 Å². The Labute approximate surface area is 91.8 Å². The van der Waals surface area contributed by atoms with Crippen LogP contribution in [0.5, 0.6) is 0 Å². The van der Waals surface area contributed by atoms with E-state index in [9.17, 15) is 4.39 Å². The van der Waals surface area contributed by atoms with Crippen LogP contribution in [0.3, 0.4) is 0 Å². The Balaban J connectivity index is 3.04. The van der Waals surface area contributed by atoms with Crippen molar-refractivity contribution in [2.75, 3.05) is 0 Å². The van der Waals surface area contributed by atoms with Gasteiger partial charge in [0.15, 0.2) is 5.70 Å². The first-order chi connectivity index (χ1) is 7.69. The highest BCUT2D eigenvalue weighted by atomic mass is 19.1. The van der Waals surface area contributed by atoms with Gasteiger partial charge in [0.2, 0.25) is 0 Å². The maximum absolute atomic E-state index is 13.1. The molecule has 0 atom stereocenters. The number of hydrogen-bond acceptors (Lipinski definition) is 4. The predicted molar refractivity (Wildman–Crippen MR) is 56.4 cm³/mol. The van der Waals surface area contributed by atoms with Crippen molar-refractivity contribution in [1.29, 1.82) is 10.5 Å². The van der Waals surface area contributed by atoms with Crippen molar-refractivity contribution >= 4 is 6.21 Å². The SMILES string of the molecule is N#C/C(N)=C(\C#N)N=Cc1ccccc1F. The minimum absolute atomic E-state index is 0.223. The van der Waals surface area contributed by atoms with Crippen LogP contribution in [0.2, 0.25) is 0 Å². The quantitative estimate of drug-likeness (QED) is 0.597. The summed E-state index contributed by atoms with van der Waals surface area (Å²) in [7, 11) is 0. The Morgan fingerprint density at radius 2 is 2.00 bits per heavy atom. The van der Waals surface area contributed by atoms with Crippen molar-refractivity contribution in [3.8, 4) is 12.1 Å². The lowest BCUT2D eigenvalue weighted by Crippen LogP contribution is -1.98. The molecule has 16 heavy (non-hydrogen) atoms. The highest BCUT2D eigenvalue weighted by molar-refractivity contribution is 5.81. The fourth-order valence-electron chi connectivity index (χ4n) is 0.925. The molecule has 1 aromatic carbocycles. The first-order valence-electron chi connectivity index (χ1n) is 4.27. The second kappa shape index (κ2) is 5.28. The largest absolute Gasteiger partial charge is 0.388 e. The van der Waals surface area contributed by atoms with Crippen LogP contribution in [0.4, 0.5) is 4.39 Å². The third kappa shape index (κ3) is 2.66. The molecule has 1 rings (SSSR count). The van der Waals surface area contributed by atoms with Crippen molar-refractivity contribution in [1.82, 2.24) is 0 Å². The fraction of sp³-hybridized carbons (Fsp3) is 0. The smallest absolute Gasteiger partial charge is 0.174 e. The van der Waals surface area contributed by atoms with Gasteiger partial charge in [0, 0.05) is 11.8 Å². The lowest BCUT2D eigenvalue weighted by molar-refractivity contribution is 0.626. The number of nitrogens with two attached hydrogens (primary N) is 1. The van der Waals surface area contributed by atoms with E-state index in [2.05, 4.69) is 4.99 Å². The molecule has 0 radical (unpaired) electrons. The summed E-state index contributed by atoms with van der Waals surface area (Å²) in [5, 5.41) is 17.1. The molecule has 2 N–H and O–H groups in total. The lowest BCUT2D eigenvalue weighted by atomic mass is 10.2. The average molecular weight is 214 g/mol. The molecular formula is C11H7FN4. The molecule has 1 aromatic rings. The van der Waals surface area contributed by atoms with E-state index < -0.39 is 5.82 Å². The van der Waals surface area contributed by atoms with Crippen molar-refractivity contribution in [3.63, 3.8) is 0 Å². The van der Waals surface area contributed by atoms with Crippen LogP contribution in [0.25, 0.3) is 0 Å². The van der Waals surface area contributed by atoms with Gasteiger partial charge in [-0.15, -0.1) is 0 Å². The molecule has 0 saturated heterocycles. The summed E-state index contributed by atoms with van der Waals surface area (Å²) >= 11 is 0. The number of aliphatic imine (C=N–C) groups is 1. The molecule has 0 bridgehead atoms. The Morgan fingerprint density at radius 1 is 1.31 bits per heavy atom. The topological polar surface area (TPSA) is 86.0 Å². The van der Waals surface area contributed by atoms with Gasteiger partial charge in [-0.25, -0.2) is 9.38 Å². The third-order valence-electron chi connectivity index (χ3n) is 1.72. The Bertz CT molecular complexity index is 532. The number of rotatable bonds is 2. The van der Waals surface area contributed by atoms with Gasteiger partial charge < -0.3 is 5.73 Å². The highest BCUT2D eigenvalue weighted by Crippen LogP contribution is 2.05. The second-order valence-electron chi connectivity index (χ2n) is 2.77. The van der Waals surface area contributed by atoms with Gasteiger partial charge in [-0.3, -0.25) is 0 Å². The van der Waals surface area contributed by atoms with Gasteiger partial charge in [0.1, 0.15) is 23.7 Å². The van der Waals surface area contributed by atoms with Gasteiger partial charge in [0.05, 0.1) is 0 Å². The van der Waals surface area contributed by atoms with E-state index in [0.717, 1.165) is 6.21 Å². The summed E-state index contributed by atoms with van der Waals surface area (Å²) in [5.74, 6) is -0.459. The Kier molecular flexibility index (Phi) is 3.77. The number of hydrogen-bond donors (Lipinski definition) is 1. The maximum atomic E-state index is 13.1. The first kappa shape index (κ1) is 11.4. The van der Waals surface area contributed by atoms with Crippen molar-refractivity contribution < 1.29 is 4.39 Å². The van der Waals surface area contributed by atoms with E-state index >= 15 is 0 Å². The molecule has 4 nitrogen and oxygen atoms in total. The minimum atomic E-state index is -0.459. The third-order valence-corrected chi connectivity index (χ3v) is 1.72. The van der Waals surface area contributed by atoms with Crippen LogP contribution in [0.15, 0.2) is 40.7 Å². The molecule has 5 heteroatoms. The molecular weight excluding hydrogens is 207 g/mol. The van der Waals surface area contributed by atoms with Crippen LogP contribution in [-0.2, 0) is 0 Å². The number of nitriles is 2. The van der Waals surface area contributed by atoms with E-state index in [1.165, 1.54) is 18.2 Å². The van der Waals surface area contributed by atoms with Crippen molar-refractivity contribution in [2.45, 2.75) is 0 Å². The fourth-order valence-corrected chi connectivity index (χ4v) is 0.925. The summed E-state index contributed by atoms with van der Waals surface area (Å²) < 4.78 is 13.1. The lowest BCUT2D eigenvalue weighted by Gasteiger charge is -1.94. The van der Waals surface area contributed by atoms with Crippen LogP contribution in [0.1, 0.15) is 5.56 Å². The Morgan fingerprint density at radius 3 is 2.56 bits per heavy atom. The molecule has 78 valence electrons. The van der Waals surface area contributed by atoms with Crippen LogP contribution in [0, 0.1) is 28.5 Å². The van der Waals surface area contributed by atoms with E-state index in [1.807, 2.05) is 0 Å². The zero-order valence-corrected chi connectivity index (χ0v) is 8.18. The first-order valence-corrected chi connectivity index (χ1v) is 4.27. The summed E-state index contributed by atoms with van der Waals surface area (Å²) in [4.78, 5) is 3.65. The van der Waals surface area contributed by atoms with E-state index in [-0.39, 0.29) is 17.0 Å². The van der Waals surface area contributed by atoms with Crippen molar-refractivity contribution in [3.05, 3.63) is 47.0 Å². The van der Waals surface area contributed by atoms with Crippen LogP contribution >= 0.6 is 0 Å². The summed E-state index contributed by atoms with van der Waals surface area (Å²) in [6.07, 6.45) is 1.15. The summed E-state index contributed by atoms with van der Waals surface area (Å²) in [6.45, 7) is 0. The molecule has 0 aromatic heterocycles. The molecule has 0 unspecified atom stereocenters. The van der Waals surface area contributed by atoms with Gasteiger partial charge in [-0.05, 0) is 6.07 Å². The summed E-state index contributed by atoms with van der Waals surface area (Å²) in [6, 6.07) is 9.19. The zero-order chi connectivity index (χ0) is 12.0. The number of nitrogens with zero attached hydrogens (tertiary/aromatic N) is 3. The molecule has 0 saturated carbocycles. The standard InChI is InChI=1S/C11H7FN4/c12-9-4-2-1-3-8(9)7-16-11(6-14)10(15)5-13/h1-4,7H,15H2/b11-10-,16-7?. The normalized spacial score (nSPS) is 11.7. The van der Waals surface area contributed by atoms with Gasteiger partial charge in [-0.2, -0.15) is 10.5 Å². The molecule has 0 amide bonds. The molecule has 0 spiro atoms. The molecule has 0 aliphatic carbocycles. The van der Waals surface area contributed by atoms with E-state index in [0.29, 0.717) is 0 Å². The Hall–Kier alpha value is -2.66. The van der Waals surface area contributed by atoms with Gasteiger partial charge >= 0.3 is 0 Å². The van der Waals surface area contributed by atoms with E-state index in [1.54, 1.807) is 18.2 Å². The molecule has 0 fully saturated rings. The van der Waals surface area contributed by atoms with Gasteiger partial charge in [-0.1, -0.05) is 18.2 Å². The molecule has 0 aliphatic rings. The highest BCUT2D eigenvalue weighted by Gasteiger charge is 2.00. The number of allylic oxidation sites excluding steroid dienone is 2.